The van der Waals surface area contributed by atoms with Crippen LogP contribution in [0.1, 0.15) is 25.7 Å². The molecule has 132 valence electrons. The molecular formula is C16H24N4O3S. The number of carbonyl (C=O) groups is 1. The highest BCUT2D eigenvalue weighted by atomic mass is 32.2. The Bertz CT molecular complexity index is 697. The minimum atomic E-state index is -3.45. The summed E-state index contributed by atoms with van der Waals surface area (Å²) >= 11 is 0. The summed E-state index contributed by atoms with van der Waals surface area (Å²) in [6.45, 7) is 1.92. The second-order valence-corrected chi connectivity index (χ2v) is 8.49. The largest absolute Gasteiger partial charge is 0.347 e. The summed E-state index contributed by atoms with van der Waals surface area (Å²) in [5.74, 6) is 0.719. The number of pyridine rings is 1. The Labute approximate surface area is 143 Å². The molecule has 0 aliphatic carbocycles. The van der Waals surface area contributed by atoms with Crippen molar-refractivity contribution in [2.75, 3.05) is 38.6 Å². The van der Waals surface area contributed by atoms with Gasteiger partial charge in [-0.15, -0.1) is 0 Å². The van der Waals surface area contributed by atoms with Crippen molar-refractivity contribution >= 4 is 21.7 Å². The van der Waals surface area contributed by atoms with Crippen LogP contribution < -0.4 is 4.90 Å². The highest BCUT2D eigenvalue weighted by Gasteiger charge is 2.33. The van der Waals surface area contributed by atoms with Gasteiger partial charge in [0.2, 0.25) is 15.9 Å². The first-order chi connectivity index (χ1) is 11.4. The zero-order chi connectivity index (χ0) is 17.3. The van der Waals surface area contributed by atoms with E-state index in [0.717, 1.165) is 32.2 Å². The number of hydrogen-bond donors (Lipinski definition) is 0. The third-order valence-electron chi connectivity index (χ3n) is 4.70. The van der Waals surface area contributed by atoms with Gasteiger partial charge in [0, 0.05) is 39.9 Å². The number of hydrogen-bond acceptors (Lipinski definition) is 5. The molecule has 0 aromatic carbocycles. The van der Waals surface area contributed by atoms with E-state index < -0.39 is 10.0 Å². The van der Waals surface area contributed by atoms with Crippen molar-refractivity contribution < 1.29 is 13.2 Å². The summed E-state index contributed by atoms with van der Waals surface area (Å²) in [6, 6.07) is 3.10. The number of sulfonamides is 1. The number of anilines is 1. The quantitative estimate of drug-likeness (QED) is 0.806. The fraction of sp³-hybridized carbons (Fsp3) is 0.625. The van der Waals surface area contributed by atoms with Gasteiger partial charge in [0.1, 0.15) is 16.8 Å². The van der Waals surface area contributed by atoms with Gasteiger partial charge in [-0.25, -0.2) is 13.4 Å². The standard InChI is InChI=1S/C16H24N4O3S/c1-18(2)16(21)14-6-5-11-20(14)15-8-7-13(12-17-15)24(22,23)19-9-3-4-10-19/h7-8,12,14H,3-6,9-11H2,1-2H3. The van der Waals surface area contributed by atoms with E-state index >= 15 is 0 Å². The number of rotatable bonds is 4. The Kier molecular flexibility index (Phi) is 4.78. The molecule has 8 heteroatoms. The van der Waals surface area contributed by atoms with Gasteiger partial charge in [0.05, 0.1) is 0 Å². The van der Waals surface area contributed by atoms with Crippen LogP contribution in [-0.4, -0.2) is 68.3 Å². The van der Waals surface area contributed by atoms with Crippen LogP contribution in [0.25, 0.3) is 0 Å². The van der Waals surface area contributed by atoms with Gasteiger partial charge in [-0.05, 0) is 37.8 Å². The van der Waals surface area contributed by atoms with Crippen molar-refractivity contribution in [1.29, 1.82) is 0 Å². The predicted octanol–water partition coefficient (Wildman–Crippen LogP) is 0.923. The third-order valence-corrected chi connectivity index (χ3v) is 6.58. The van der Waals surface area contributed by atoms with Crippen LogP contribution in [0.5, 0.6) is 0 Å². The second kappa shape index (κ2) is 6.68. The molecule has 1 aromatic heterocycles. The van der Waals surface area contributed by atoms with E-state index in [1.165, 1.54) is 10.5 Å². The fourth-order valence-corrected chi connectivity index (χ4v) is 4.83. The highest BCUT2D eigenvalue weighted by molar-refractivity contribution is 7.89. The molecule has 1 unspecified atom stereocenters. The lowest BCUT2D eigenvalue weighted by atomic mass is 10.2. The molecule has 7 nitrogen and oxygen atoms in total. The molecule has 24 heavy (non-hydrogen) atoms. The van der Waals surface area contributed by atoms with E-state index in [4.69, 9.17) is 0 Å². The van der Waals surface area contributed by atoms with Crippen LogP contribution in [0.4, 0.5) is 5.82 Å². The van der Waals surface area contributed by atoms with E-state index in [1.54, 1.807) is 31.1 Å². The topological polar surface area (TPSA) is 73.8 Å². The van der Waals surface area contributed by atoms with Crippen molar-refractivity contribution in [1.82, 2.24) is 14.2 Å². The van der Waals surface area contributed by atoms with Crippen LogP contribution in [0.2, 0.25) is 0 Å². The molecule has 1 atom stereocenters. The number of aromatic nitrogens is 1. The van der Waals surface area contributed by atoms with Gasteiger partial charge in [-0.1, -0.05) is 0 Å². The van der Waals surface area contributed by atoms with Crippen molar-refractivity contribution in [2.24, 2.45) is 0 Å². The maximum absolute atomic E-state index is 12.5. The maximum atomic E-state index is 12.5. The monoisotopic (exact) mass is 352 g/mol. The van der Waals surface area contributed by atoms with Crippen LogP contribution in [0.15, 0.2) is 23.2 Å². The number of carbonyl (C=O) groups excluding carboxylic acids is 1. The molecule has 0 radical (unpaired) electrons. The van der Waals surface area contributed by atoms with Crippen LogP contribution in [0.3, 0.4) is 0 Å². The molecule has 0 spiro atoms. The Morgan fingerprint density at radius 3 is 2.46 bits per heavy atom. The highest BCUT2D eigenvalue weighted by Crippen LogP contribution is 2.27. The summed E-state index contributed by atoms with van der Waals surface area (Å²) in [5, 5.41) is 0. The normalized spacial score (nSPS) is 22.1. The van der Waals surface area contributed by atoms with Crippen LogP contribution >= 0.6 is 0 Å². The van der Waals surface area contributed by atoms with Gasteiger partial charge in [0.15, 0.2) is 0 Å². The summed E-state index contributed by atoms with van der Waals surface area (Å²) in [6.07, 6.45) is 4.96. The molecule has 1 amide bonds. The Morgan fingerprint density at radius 2 is 1.88 bits per heavy atom. The molecule has 2 aliphatic heterocycles. The lowest BCUT2D eigenvalue weighted by Gasteiger charge is -2.27. The lowest BCUT2D eigenvalue weighted by molar-refractivity contribution is -0.129. The minimum Gasteiger partial charge on any atom is -0.347 e. The van der Waals surface area contributed by atoms with E-state index in [0.29, 0.717) is 18.9 Å². The van der Waals surface area contributed by atoms with Gasteiger partial charge in [-0.3, -0.25) is 4.79 Å². The third kappa shape index (κ3) is 3.12. The lowest BCUT2D eigenvalue weighted by Crippen LogP contribution is -2.43. The molecule has 2 fully saturated rings. The van der Waals surface area contributed by atoms with Crippen molar-refractivity contribution in [3.05, 3.63) is 18.3 Å². The molecule has 0 bridgehead atoms. The Balaban J connectivity index is 1.80. The molecular weight excluding hydrogens is 328 g/mol. The molecule has 2 saturated heterocycles. The first kappa shape index (κ1) is 17.2. The molecule has 3 heterocycles. The second-order valence-electron chi connectivity index (χ2n) is 6.55. The molecule has 0 saturated carbocycles. The maximum Gasteiger partial charge on any atom is 0.244 e. The first-order valence-electron chi connectivity index (χ1n) is 8.35. The average molecular weight is 352 g/mol. The SMILES string of the molecule is CN(C)C(=O)C1CCCN1c1ccc(S(=O)(=O)N2CCCC2)cn1. The van der Waals surface area contributed by atoms with E-state index in [2.05, 4.69) is 4.98 Å². The van der Waals surface area contributed by atoms with Gasteiger partial charge < -0.3 is 9.80 Å². The summed E-state index contributed by atoms with van der Waals surface area (Å²) < 4.78 is 26.6. The van der Waals surface area contributed by atoms with Crippen molar-refractivity contribution in [3.63, 3.8) is 0 Å². The van der Waals surface area contributed by atoms with Gasteiger partial charge in [-0.2, -0.15) is 4.31 Å². The van der Waals surface area contributed by atoms with E-state index in [9.17, 15) is 13.2 Å². The minimum absolute atomic E-state index is 0.0584. The van der Waals surface area contributed by atoms with E-state index in [1.807, 2.05) is 4.90 Å². The van der Waals surface area contributed by atoms with Crippen molar-refractivity contribution in [2.45, 2.75) is 36.6 Å². The average Bonchev–Trinajstić information content (AvgIpc) is 3.25. The number of amides is 1. The zero-order valence-electron chi connectivity index (χ0n) is 14.2. The predicted molar refractivity (Wildman–Crippen MR) is 91.3 cm³/mol. The van der Waals surface area contributed by atoms with E-state index in [-0.39, 0.29) is 16.8 Å². The van der Waals surface area contributed by atoms with Gasteiger partial charge in [0.25, 0.3) is 0 Å². The smallest absolute Gasteiger partial charge is 0.244 e. The molecule has 2 aliphatic rings. The van der Waals surface area contributed by atoms with Crippen LogP contribution in [-0.2, 0) is 14.8 Å². The fourth-order valence-electron chi connectivity index (χ4n) is 3.37. The molecule has 0 N–H and O–H groups in total. The van der Waals surface area contributed by atoms with Crippen molar-refractivity contribution in [3.8, 4) is 0 Å². The van der Waals surface area contributed by atoms with Crippen LogP contribution in [0, 0.1) is 0 Å². The summed E-state index contributed by atoms with van der Waals surface area (Å²) in [7, 11) is 0.0509. The molecule has 3 rings (SSSR count). The van der Waals surface area contributed by atoms with Gasteiger partial charge >= 0.3 is 0 Å². The first-order valence-corrected chi connectivity index (χ1v) is 9.79. The summed E-state index contributed by atoms with van der Waals surface area (Å²) in [5.41, 5.74) is 0. The number of nitrogens with zero attached hydrogens (tertiary/aromatic N) is 4. The summed E-state index contributed by atoms with van der Waals surface area (Å²) in [4.78, 5) is 20.4. The zero-order valence-corrected chi connectivity index (χ0v) is 15.0. The number of likely N-dealkylation sites (N-methyl/N-ethyl adjacent to an activating group) is 1. The Hall–Kier alpha value is -1.67. The molecule has 1 aromatic rings. The Morgan fingerprint density at radius 1 is 1.17 bits per heavy atom.